The first-order valence-corrected chi connectivity index (χ1v) is 9.52. The minimum absolute atomic E-state index is 0.0124. The van der Waals surface area contributed by atoms with Crippen molar-refractivity contribution in [3.05, 3.63) is 108 Å². The van der Waals surface area contributed by atoms with Gasteiger partial charge in [-0.15, -0.1) is 0 Å². The molecule has 0 heterocycles. The lowest BCUT2D eigenvalue weighted by Crippen LogP contribution is -2.28. The predicted molar refractivity (Wildman–Crippen MR) is 114 cm³/mol. The number of amides is 1. The average Bonchev–Trinajstić information content (AvgIpc) is 2.74. The van der Waals surface area contributed by atoms with Gasteiger partial charge in [-0.25, -0.2) is 0 Å². The Hall–Kier alpha value is -3.33. The third-order valence-electron chi connectivity index (χ3n) is 4.35. The van der Waals surface area contributed by atoms with Crippen molar-refractivity contribution in [3.63, 3.8) is 0 Å². The second-order valence-corrected chi connectivity index (χ2v) is 6.50. The Morgan fingerprint density at radius 1 is 0.821 bits per heavy atom. The number of benzene rings is 3. The van der Waals surface area contributed by atoms with E-state index in [1.54, 1.807) is 6.08 Å². The maximum absolute atomic E-state index is 12.9. The molecule has 0 atom stereocenters. The van der Waals surface area contributed by atoms with Gasteiger partial charge in [0.05, 0.1) is 6.61 Å². The molecule has 3 nitrogen and oxygen atoms in total. The minimum Gasteiger partial charge on any atom is -0.494 e. The number of hydrogen-bond acceptors (Lipinski definition) is 2. The van der Waals surface area contributed by atoms with E-state index in [4.69, 9.17) is 4.74 Å². The first kappa shape index (κ1) is 19.4. The van der Waals surface area contributed by atoms with E-state index in [1.165, 1.54) is 0 Å². The van der Waals surface area contributed by atoms with Gasteiger partial charge in [-0.2, -0.15) is 0 Å². The van der Waals surface area contributed by atoms with Crippen LogP contribution in [0.15, 0.2) is 91.0 Å². The Bertz CT molecular complexity index is 845. The molecule has 0 radical (unpaired) electrons. The fraction of sp³-hybridized carbons (Fsp3) is 0.160. The standard InChI is InChI=1S/C25H25NO2/c1-2-28-24-16-13-21(14-17-24)15-18-25(27)26(19-22-9-5-3-6-10-22)20-23-11-7-4-8-12-23/h3-18H,2,19-20H2,1H3. The number of carbonyl (C=O) groups excluding carboxylic acids is 1. The second-order valence-electron chi connectivity index (χ2n) is 6.50. The maximum Gasteiger partial charge on any atom is 0.247 e. The molecule has 0 saturated heterocycles. The van der Waals surface area contributed by atoms with E-state index in [2.05, 4.69) is 0 Å². The van der Waals surface area contributed by atoms with Gasteiger partial charge < -0.3 is 9.64 Å². The maximum atomic E-state index is 12.9. The highest BCUT2D eigenvalue weighted by molar-refractivity contribution is 5.91. The fourth-order valence-corrected chi connectivity index (χ4v) is 2.93. The van der Waals surface area contributed by atoms with Crippen LogP contribution in [0.5, 0.6) is 5.75 Å². The fourth-order valence-electron chi connectivity index (χ4n) is 2.93. The first-order chi connectivity index (χ1) is 13.7. The molecule has 0 aromatic heterocycles. The van der Waals surface area contributed by atoms with Crippen molar-refractivity contribution in [2.45, 2.75) is 20.0 Å². The van der Waals surface area contributed by atoms with Crippen molar-refractivity contribution in [1.29, 1.82) is 0 Å². The summed E-state index contributed by atoms with van der Waals surface area (Å²) in [6.45, 7) is 3.74. The van der Waals surface area contributed by atoms with Crippen LogP contribution in [-0.2, 0) is 17.9 Å². The summed E-state index contributed by atoms with van der Waals surface area (Å²) in [5, 5.41) is 0. The largest absolute Gasteiger partial charge is 0.494 e. The van der Waals surface area contributed by atoms with E-state index < -0.39 is 0 Å². The average molecular weight is 371 g/mol. The van der Waals surface area contributed by atoms with Crippen molar-refractivity contribution in [2.75, 3.05) is 6.61 Å². The van der Waals surface area contributed by atoms with Crippen LogP contribution in [0.25, 0.3) is 6.08 Å². The number of nitrogens with zero attached hydrogens (tertiary/aromatic N) is 1. The van der Waals surface area contributed by atoms with E-state index in [-0.39, 0.29) is 5.91 Å². The molecule has 3 aromatic rings. The van der Waals surface area contributed by atoms with Gasteiger partial charge in [-0.1, -0.05) is 72.8 Å². The van der Waals surface area contributed by atoms with Gasteiger partial charge in [0.1, 0.15) is 5.75 Å². The summed E-state index contributed by atoms with van der Waals surface area (Å²) in [7, 11) is 0. The van der Waals surface area contributed by atoms with Crippen molar-refractivity contribution in [2.24, 2.45) is 0 Å². The summed E-state index contributed by atoms with van der Waals surface area (Å²) < 4.78 is 5.46. The van der Waals surface area contributed by atoms with Crippen LogP contribution in [0.4, 0.5) is 0 Å². The molecule has 0 aliphatic carbocycles. The Morgan fingerprint density at radius 2 is 1.36 bits per heavy atom. The molecular formula is C25H25NO2. The highest BCUT2D eigenvalue weighted by Crippen LogP contribution is 2.15. The molecule has 0 spiro atoms. The number of ether oxygens (including phenoxy) is 1. The van der Waals surface area contributed by atoms with Crippen LogP contribution >= 0.6 is 0 Å². The lowest BCUT2D eigenvalue weighted by molar-refractivity contribution is -0.127. The minimum atomic E-state index is -0.0124. The quantitative estimate of drug-likeness (QED) is 0.501. The van der Waals surface area contributed by atoms with Gasteiger partial charge in [-0.05, 0) is 41.8 Å². The van der Waals surface area contributed by atoms with Crippen LogP contribution in [0, 0.1) is 0 Å². The lowest BCUT2D eigenvalue weighted by Gasteiger charge is -2.21. The lowest BCUT2D eigenvalue weighted by atomic mass is 10.1. The number of rotatable bonds is 8. The molecular weight excluding hydrogens is 346 g/mol. The normalized spacial score (nSPS) is 10.8. The van der Waals surface area contributed by atoms with Crippen LogP contribution in [-0.4, -0.2) is 17.4 Å². The van der Waals surface area contributed by atoms with Crippen LogP contribution < -0.4 is 4.74 Å². The van der Waals surface area contributed by atoms with Gasteiger partial charge >= 0.3 is 0 Å². The Morgan fingerprint density at radius 3 is 1.86 bits per heavy atom. The SMILES string of the molecule is CCOc1ccc(C=CC(=O)N(Cc2ccccc2)Cc2ccccc2)cc1. The molecule has 0 aliphatic heterocycles. The van der Waals surface area contributed by atoms with E-state index >= 15 is 0 Å². The molecule has 0 N–H and O–H groups in total. The molecule has 0 fully saturated rings. The zero-order valence-electron chi connectivity index (χ0n) is 16.1. The highest BCUT2D eigenvalue weighted by Gasteiger charge is 2.12. The van der Waals surface area contributed by atoms with Crippen LogP contribution in [0.1, 0.15) is 23.6 Å². The smallest absolute Gasteiger partial charge is 0.247 e. The Labute approximate surface area is 166 Å². The number of carbonyl (C=O) groups is 1. The van der Waals surface area contributed by atoms with E-state index in [9.17, 15) is 4.79 Å². The monoisotopic (exact) mass is 371 g/mol. The van der Waals surface area contributed by atoms with Crippen molar-refractivity contribution >= 4 is 12.0 Å². The molecule has 142 valence electrons. The number of hydrogen-bond donors (Lipinski definition) is 0. The van der Waals surface area contributed by atoms with Gasteiger partial charge in [0.25, 0.3) is 0 Å². The Balaban J connectivity index is 1.73. The topological polar surface area (TPSA) is 29.5 Å². The zero-order valence-corrected chi connectivity index (χ0v) is 16.1. The van der Waals surface area contributed by atoms with Crippen LogP contribution in [0.2, 0.25) is 0 Å². The summed E-state index contributed by atoms with van der Waals surface area (Å²) in [6.07, 6.45) is 3.49. The van der Waals surface area contributed by atoms with E-state index in [0.717, 1.165) is 22.4 Å². The van der Waals surface area contributed by atoms with Crippen molar-refractivity contribution in [3.8, 4) is 5.75 Å². The summed E-state index contributed by atoms with van der Waals surface area (Å²) in [4.78, 5) is 14.8. The molecule has 3 heteroatoms. The van der Waals surface area contributed by atoms with Gasteiger partial charge in [0.15, 0.2) is 0 Å². The Kier molecular flexibility index (Phi) is 7.02. The highest BCUT2D eigenvalue weighted by atomic mass is 16.5. The van der Waals surface area contributed by atoms with Crippen molar-refractivity contribution < 1.29 is 9.53 Å². The van der Waals surface area contributed by atoms with Gasteiger partial charge in [-0.3, -0.25) is 4.79 Å². The zero-order chi connectivity index (χ0) is 19.6. The second kappa shape index (κ2) is 10.1. The molecule has 0 saturated carbocycles. The molecule has 3 rings (SSSR count). The van der Waals surface area contributed by atoms with Gasteiger partial charge in [0, 0.05) is 19.2 Å². The third kappa shape index (κ3) is 5.85. The molecule has 0 aliphatic rings. The third-order valence-corrected chi connectivity index (χ3v) is 4.35. The molecule has 3 aromatic carbocycles. The molecule has 0 bridgehead atoms. The summed E-state index contributed by atoms with van der Waals surface area (Å²) in [5.74, 6) is 0.822. The van der Waals surface area contributed by atoms with E-state index in [1.807, 2.05) is 103 Å². The first-order valence-electron chi connectivity index (χ1n) is 9.52. The summed E-state index contributed by atoms with van der Waals surface area (Å²) in [5.41, 5.74) is 3.19. The summed E-state index contributed by atoms with van der Waals surface area (Å²) in [6, 6.07) is 27.9. The molecule has 28 heavy (non-hydrogen) atoms. The molecule has 1 amide bonds. The molecule has 0 unspecified atom stereocenters. The van der Waals surface area contributed by atoms with Crippen molar-refractivity contribution in [1.82, 2.24) is 4.90 Å². The van der Waals surface area contributed by atoms with E-state index in [0.29, 0.717) is 19.7 Å². The van der Waals surface area contributed by atoms with Gasteiger partial charge in [0.2, 0.25) is 5.91 Å². The predicted octanol–water partition coefficient (Wildman–Crippen LogP) is 5.33. The summed E-state index contributed by atoms with van der Waals surface area (Å²) >= 11 is 0. The van der Waals surface area contributed by atoms with Crippen LogP contribution in [0.3, 0.4) is 0 Å².